The highest BCUT2D eigenvalue weighted by Crippen LogP contribution is 2.26. The molecule has 1 aliphatic rings. The monoisotopic (exact) mass is 326 g/mol. The fourth-order valence-electron chi connectivity index (χ4n) is 2.71. The lowest BCUT2D eigenvalue weighted by molar-refractivity contribution is -0.124. The van der Waals surface area contributed by atoms with Crippen molar-refractivity contribution in [1.29, 1.82) is 0 Å². The number of benzene rings is 1. The summed E-state index contributed by atoms with van der Waals surface area (Å²) < 4.78 is 5.35. The van der Waals surface area contributed by atoms with E-state index < -0.39 is 0 Å². The van der Waals surface area contributed by atoms with Gasteiger partial charge in [-0.05, 0) is 42.5 Å². The number of ether oxygens (including phenoxy) is 1. The van der Waals surface area contributed by atoms with E-state index in [0.717, 1.165) is 18.5 Å². The van der Waals surface area contributed by atoms with Gasteiger partial charge in [0.25, 0.3) is 5.91 Å². The van der Waals surface area contributed by atoms with Crippen LogP contribution in [0.4, 0.5) is 17.3 Å². The summed E-state index contributed by atoms with van der Waals surface area (Å²) in [6, 6.07) is 11.7. The van der Waals surface area contributed by atoms with Crippen LogP contribution in [0.15, 0.2) is 36.4 Å². The SMILES string of the molecule is CC(C)c1ccccc1Nc1ccc(NC(=O)C2CCCO2)nn1. The van der Waals surface area contributed by atoms with Gasteiger partial charge in [-0.25, -0.2) is 0 Å². The largest absolute Gasteiger partial charge is 0.368 e. The van der Waals surface area contributed by atoms with Gasteiger partial charge in [0.15, 0.2) is 11.6 Å². The van der Waals surface area contributed by atoms with Crippen molar-refractivity contribution in [3.63, 3.8) is 0 Å². The maximum absolute atomic E-state index is 12.0. The maximum atomic E-state index is 12.0. The van der Waals surface area contributed by atoms with Gasteiger partial charge >= 0.3 is 0 Å². The van der Waals surface area contributed by atoms with Gasteiger partial charge in [-0.2, -0.15) is 0 Å². The first-order chi connectivity index (χ1) is 11.6. The molecule has 1 aromatic carbocycles. The van der Waals surface area contributed by atoms with Crippen LogP contribution in [0, 0.1) is 0 Å². The number of aromatic nitrogens is 2. The molecule has 1 aromatic heterocycles. The van der Waals surface area contributed by atoms with E-state index in [-0.39, 0.29) is 12.0 Å². The predicted molar refractivity (Wildman–Crippen MR) is 93.4 cm³/mol. The summed E-state index contributed by atoms with van der Waals surface area (Å²) in [4.78, 5) is 12.0. The average molecular weight is 326 g/mol. The van der Waals surface area contributed by atoms with E-state index in [0.29, 0.717) is 24.2 Å². The van der Waals surface area contributed by atoms with E-state index >= 15 is 0 Å². The highest BCUT2D eigenvalue weighted by atomic mass is 16.5. The first-order valence-corrected chi connectivity index (χ1v) is 8.25. The molecule has 1 saturated heterocycles. The zero-order valence-electron chi connectivity index (χ0n) is 14.0. The van der Waals surface area contributed by atoms with Crippen LogP contribution >= 0.6 is 0 Å². The Hall–Kier alpha value is -2.47. The smallest absolute Gasteiger partial charge is 0.254 e. The van der Waals surface area contributed by atoms with E-state index in [1.165, 1.54) is 5.56 Å². The third-order valence-corrected chi connectivity index (χ3v) is 3.98. The molecular formula is C18H22N4O2. The number of hydrogen-bond acceptors (Lipinski definition) is 5. The number of anilines is 3. The molecule has 2 N–H and O–H groups in total. The number of carbonyl (C=O) groups excluding carboxylic acids is 1. The van der Waals surface area contributed by atoms with Crippen LogP contribution in [-0.2, 0) is 9.53 Å². The Morgan fingerprint density at radius 1 is 1.17 bits per heavy atom. The third kappa shape index (κ3) is 3.89. The van der Waals surface area contributed by atoms with Crippen molar-refractivity contribution in [2.24, 2.45) is 0 Å². The van der Waals surface area contributed by atoms with Gasteiger partial charge in [0.1, 0.15) is 6.10 Å². The van der Waals surface area contributed by atoms with E-state index in [1.807, 2.05) is 18.2 Å². The summed E-state index contributed by atoms with van der Waals surface area (Å²) in [7, 11) is 0. The molecule has 0 aliphatic carbocycles. The summed E-state index contributed by atoms with van der Waals surface area (Å²) in [6.07, 6.45) is 1.30. The molecule has 1 atom stereocenters. The molecule has 6 heteroatoms. The second-order valence-electron chi connectivity index (χ2n) is 6.16. The topological polar surface area (TPSA) is 76.1 Å². The van der Waals surface area contributed by atoms with Crippen molar-refractivity contribution in [2.75, 3.05) is 17.2 Å². The Bertz CT molecular complexity index is 694. The highest BCUT2D eigenvalue weighted by molar-refractivity contribution is 5.93. The first-order valence-electron chi connectivity index (χ1n) is 8.25. The zero-order chi connectivity index (χ0) is 16.9. The molecule has 24 heavy (non-hydrogen) atoms. The summed E-state index contributed by atoms with van der Waals surface area (Å²) in [6.45, 7) is 4.94. The molecule has 6 nitrogen and oxygen atoms in total. The zero-order valence-corrected chi connectivity index (χ0v) is 14.0. The number of nitrogens with one attached hydrogen (secondary N) is 2. The minimum Gasteiger partial charge on any atom is -0.368 e. The average Bonchev–Trinajstić information content (AvgIpc) is 3.11. The summed E-state index contributed by atoms with van der Waals surface area (Å²) in [5.74, 6) is 1.32. The van der Waals surface area contributed by atoms with Crippen LogP contribution in [0.2, 0.25) is 0 Å². The van der Waals surface area contributed by atoms with E-state index in [1.54, 1.807) is 12.1 Å². The van der Waals surface area contributed by atoms with Gasteiger partial charge in [-0.15, -0.1) is 10.2 Å². The fraction of sp³-hybridized carbons (Fsp3) is 0.389. The minimum atomic E-state index is -0.373. The van der Waals surface area contributed by atoms with Gasteiger partial charge in [-0.1, -0.05) is 32.0 Å². The van der Waals surface area contributed by atoms with Gasteiger partial charge in [0.05, 0.1) is 0 Å². The van der Waals surface area contributed by atoms with Gasteiger partial charge < -0.3 is 15.4 Å². The molecule has 1 aliphatic heterocycles. The van der Waals surface area contributed by atoms with Gasteiger partial charge in [0.2, 0.25) is 0 Å². The number of amides is 1. The number of hydrogen-bond donors (Lipinski definition) is 2. The first kappa shape index (κ1) is 16.4. The Balaban J connectivity index is 1.65. The van der Waals surface area contributed by atoms with Crippen LogP contribution in [0.5, 0.6) is 0 Å². The van der Waals surface area contributed by atoms with Crippen molar-refractivity contribution in [3.8, 4) is 0 Å². The van der Waals surface area contributed by atoms with Crippen LogP contribution in [0.25, 0.3) is 0 Å². The fourth-order valence-corrected chi connectivity index (χ4v) is 2.71. The number of para-hydroxylation sites is 1. The van der Waals surface area contributed by atoms with Crippen molar-refractivity contribution < 1.29 is 9.53 Å². The molecule has 1 amide bonds. The second kappa shape index (κ2) is 7.40. The minimum absolute atomic E-state index is 0.160. The molecule has 0 radical (unpaired) electrons. The quantitative estimate of drug-likeness (QED) is 0.880. The highest BCUT2D eigenvalue weighted by Gasteiger charge is 2.23. The van der Waals surface area contributed by atoms with Crippen molar-refractivity contribution >= 4 is 23.2 Å². The lowest BCUT2D eigenvalue weighted by Crippen LogP contribution is -2.27. The number of carbonyl (C=O) groups is 1. The van der Waals surface area contributed by atoms with Crippen molar-refractivity contribution in [1.82, 2.24) is 10.2 Å². The van der Waals surface area contributed by atoms with Crippen LogP contribution < -0.4 is 10.6 Å². The molecule has 2 aromatic rings. The molecule has 0 bridgehead atoms. The number of nitrogens with zero attached hydrogens (tertiary/aromatic N) is 2. The molecule has 2 heterocycles. The Kier molecular flexibility index (Phi) is 5.05. The molecule has 3 rings (SSSR count). The third-order valence-electron chi connectivity index (χ3n) is 3.98. The van der Waals surface area contributed by atoms with E-state index in [4.69, 9.17) is 4.74 Å². The molecule has 126 valence electrons. The second-order valence-corrected chi connectivity index (χ2v) is 6.16. The normalized spacial score (nSPS) is 17.0. The van der Waals surface area contributed by atoms with Crippen LogP contribution in [0.1, 0.15) is 38.2 Å². The lowest BCUT2D eigenvalue weighted by atomic mass is 10.0. The van der Waals surface area contributed by atoms with Crippen molar-refractivity contribution in [2.45, 2.75) is 38.7 Å². The molecule has 1 unspecified atom stereocenters. The van der Waals surface area contributed by atoms with E-state index in [9.17, 15) is 4.79 Å². The maximum Gasteiger partial charge on any atom is 0.254 e. The Morgan fingerprint density at radius 3 is 2.58 bits per heavy atom. The summed E-state index contributed by atoms with van der Waals surface area (Å²) in [5, 5.41) is 14.2. The standard InChI is InChI=1S/C18H22N4O2/c1-12(2)13-6-3-4-7-14(13)19-16-9-10-17(22-21-16)20-18(23)15-8-5-11-24-15/h3-4,6-7,9-10,12,15H,5,8,11H2,1-2H3,(H,19,21)(H,20,22,23). The number of rotatable bonds is 5. The van der Waals surface area contributed by atoms with Crippen LogP contribution in [0.3, 0.4) is 0 Å². The van der Waals surface area contributed by atoms with Crippen molar-refractivity contribution in [3.05, 3.63) is 42.0 Å². The Labute approximate surface area is 141 Å². The lowest BCUT2D eigenvalue weighted by Gasteiger charge is -2.14. The molecule has 0 spiro atoms. The molecule has 1 fully saturated rings. The van der Waals surface area contributed by atoms with Gasteiger partial charge in [0, 0.05) is 12.3 Å². The predicted octanol–water partition coefficient (Wildman–Crippen LogP) is 3.46. The Morgan fingerprint density at radius 2 is 1.92 bits per heavy atom. The van der Waals surface area contributed by atoms with Crippen LogP contribution in [-0.4, -0.2) is 28.8 Å². The summed E-state index contributed by atoms with van der Waals surface area (Å²) >= 11 is 0. The van der Waals surface area contributed by atoms with Gasteiger partial charge in [-0.3, -0.25) is 4.79 Å². The molecule has 0 saturated carbocycles. The molecular weight excluding hydrogens is 304 g/mol. The summed E-state index contributed by atoms with van der Waals surface area (Å²) in [5.41, 5.74) is 2.23. The van der Waals surface area contributed by atoms with E-state index in [2.05, 4.69) is 40.7 Å².